The number of carbonyl (C=O) groups is 1. The van der Waals surface area contributed by atoms with E-state index < -0.39 is 11.5 Å². The average molecular weight is 633 g/mol. The zero-order valence-corrected chi connectivity index (χ0v) is 25.5. The van der Waals surface area contributed by atoms with Gasteiger partial charge >= 0.3 is 0 Å². The normalized spacial score (nSPS) is 13.2. The number of benzene rings is 1. The summed E-state index contributed by atoms with van der Waals surface area (Å²) < 4.78 is 8.17. The fraction of sp³-hybridized carbons (Fsp3) is 0.200. The first-order valence-electron chi connectivity index (χ1n) is 13.5. The van der Waals surface area contributed by atoms with Crippen LogP contribution in [-0.2, 0) is 11.8 Å². The second-order valence-electron chi connectivity index (χ2n) is 10.2. The van der Waals surface area contributed by atoms with Gasteiger partial charge in [0.25, 0.3) is 11.5 Å². The molecular formula is C30H27Cl2N9O3. The predicted octanol–water partition coefficient (Wildman–Crippen LogP) is 4.37. The molecule has 3 N–H and O–H groups in total. The zero-order valence-electron chi connectivity index (χ0n) is 24.0. The van der Waals surface area contributed by atoms with Crippen LogP contribution in [0.3, 0.4) is 0 Å². The van der Waals surface area contributed by atoms with Crippen molar-refractivity contribution in [1.82, 2.24) is 29.3 Å². The molecular weight excluding hydrogens is 605 g/mol. The fourth-order valence-corrected chi connectivity index (χ4v) is 5.52. The first kappa shape index (κ1) is 29.3. The SMILES string of the molecule is COC1CN(c2cc(-c3cnc(N)c(-c4ccc(NC(=O)c5c(C)n(C)n(-c6c(Cl)cccc6Cl)c5=O)cn4)n3)ccn2)C1. The minimum atomic E-state index is -0.603. The lowest BCUT2D eigenvalue weighted by molar-refractivity contribution is 0.0783. The highest BCUT2D eigenvalue weighted by atomic mass is 35.5. The van der Waals surface area contributed by atoms with Gasteiger partial charge in [0.15, 0.2) is 5.82 Å². The Kier molecular flexibility index (Phi) is 7.80. The van der Waals surface area contributed by atoms with E-state index in [1.54, 1.807) is 63.8 Å². The molecule has 5 heterocycles. The van der Waals surface area contributed by atoms with Crippen LogP contribution in [0.2, 0.25) is 10.0 Å². The van der Waals surface area contributed by atoms with Gasteiger partial charge in [-0.15, -0.1) is 0 Å². The molecule has 0 bridgehead atoms. The number of nitrogens with one attached hydrogen (secondary N) is 1. The van der Waals surface area contributed by atoms with Gasteiger partial charge in [0, 0.05) is 39.0 Å². The van der Waals surface area contributed by atoms with Crippen molar-refractivity contribution in [3.63, 3.8) is 0 Å². The molecule has 5 aromatic rings. The number of nitrogen functional groups attached to an aromatic ring is 1. The standard InChI is InChI=1S/C30H27Cl2N9O3/c1-16-25(30(43)41(39(16)2)27-20(31)5-4-6-21(27)32)29(42)37-18-7-8-22(35-12-18)26-28(33)36-13-23(38-26)17-9-10-34-24(11-17)40-14-19(15-40)44-3/h4-13,19H,14-15H2,1-3H3,(H2,33,36)(H,37,42). The Balaban J connectivity index is 1.23. The number of pyridine rings is 2. The molecule has 1 saturated heterocycles. The van der Waals surface area contributed by atoms with E-state index >= 15 is 0 Å². The number of methoxy groups -OCH3 is 1. The van der Waals surface area contributed by atoms with Crippen molar-refractivity contribution in [3.8, 4) is 28.3 Å². The zero-order chi connectivity index (χ0) is 31.1. The molecule has 1 fully saturated rings. The Morgan fingerprint density at radius 3 is 2.48 bits per heavy atom. The van der Waals surface area contributed by atoms with E-state index in [-0.39, 0.29) is 27.5 Å². The molecule has 0 unspecified atom stereocenters. The summed E-state index contributed by atoms with van der Waals surface area (Å²) in [5.74, 6) is 0.426. The molecule has 0 spiro atoms. The Labute approximate surface area is 262 Å². The van der Waals surface area contributed by atoms with Crippen LogP contribution in [0.1, 0.15) is 16.1 Å². The number of amides is 1. The van der Waals surface area contributed by atoms with Crippen LogP contribution >= 0.6 is 23.2 Å². The van der Waals surface area contributed by atoms with E-state index in [2.05, 4.69) is 25.2 Å². The van der Waals surface area contributed by atoms with Crippen LogP contribution in [-0.4, -0.2) is 61.5 Å². The number of aromatic nitrogens is 6. The molecule has 1 aliphatic rings. The Morgan fingerprint density at radius 2 is 1.80 bits per heavy atom. The second kappa shape index (κ2) is 11.7. The van der Waals surface area contributed by atoms with Crippen molar-refractivity contribution >= 4 is 46.4 Å². The van der Waals surface area contributed by atoms with Crippen molar-refractivity contribution in [1.29, 1.82) is 0 Å². The summed E-state index contributed by atoms with van der Waals surface area (Å²) in [5, 5.41) is 3.30. The minimum absolute atomic E-state index is 0.0527. The minimum Gasteiger partial charge on any atom is -0.382 e. The first-order valence-corrected chi connectivity index (χ1v) is 14.3. The van der Waals surface area contributed by atoms with Crippen molar-refractivity contribution in [2.45, 2.75) is 13.0 Å². The molecule has 0 radical (unpaired) electrons. The quantitative estimate of drug-likeness (QED) is 0.267. The van der Waals surface area contributed by atoms with E-state index in [9.17, 15) is 9.59 Å². The number of nitrogens with zero attached hydrogens (tertiary/aromatic N) is 7. The molecule has 0 saturated carbocycles. The fourth-order valence-electron chi connectivity index (χ4n) is 4.97. The number of anilines is 3. The average Bonchev–Trinajstić information content (AvgIpc) is 3.20. The van der Waals surface area contributed by atoms with E-state index in [1.807, 2.05) is 12.1 Å². The van der Waals surface area contributed by atoms with Crippen molar-refractivity contribution in [2.24, 2.45) is 7.05 Å². The lowest BCUT2D eigenvalue weighted by Crippen LogP contribution is -2.52. The van der Waals surface area contributed by atoms with E-state index in [4.69, 9.17) is 38.7 Å². The number of nitrogens with two attached hydrogens (primary N) is 1. The van der Waals surface area contributed by atoms with Crippen LogP contribution in [0.5, 0.6) is 0 Å². The molecule has 6 rings (SSSR count). The smallest absolute Gasteiger partial charge is 0.284 e. The molecule has 44 heavy (non-hydrogen) atoms. The number of hydrogen-bond acceptors (Lipinski definition) is 9. The summed E-state index contributed by atoms with van der Waals surface area (Å²) in [7, 11) is 3.35. The molecule has 14 heteroatoms. The summed E-state index contributed by atoms with van der Waals surface area (Å²) in [5.41, 5.74) is 8.94. The summed E-state index contributed by atoms with van der Waals surface area (Å²) in [4.78, 5) is 46.8. The highest BCUT2D eigenvalue weighted by Crippen LogP contribution is 2.30. The number of halogens is 2. The predicted molar refractivity (Wildman–Crippen MR) is 170 cm³/mol. The lowest BCUT2D eigenvalue weighted by atomic mass is 10.1. The number of para-hydroxylation sites is 1. The number of hydrogen-bond donors (Lipinski definition) is 2. The third-order valence-corrected chi connectivity index (χ3v) is 8.15. The van der Waals surface area contributed by atoms with Gasteiger partial charge in [-0.05, 0) is 43.3 Å². The number of ether oxygens (including phenoxy) is 1. The third kappa shape index (κ3) is 5.27. The lowest BCUT2D eigenvalue weighted by Gasteiger charge is -2.39. The Morgan fingerprint density at radius 1 is 1.05 bits per heavy atom. The van der Waals surface area contributed by atoms with Gasteiger partial charge < -0.3 is 20.7 Å². The van der Waals surface area contributed by atoms with Crippen LogP contribution in [0.25, 0.3) is 28.3 Å². The third-order valence-electron chi connectivity index (χ3n) is 7.54. The summed E-state index contributed by atoms with van der Waals surface area (Å²) in [6.45, 7) is 3.21. The summed E-state index contributed by atoms with van der Waals surface area (Å²) in [6.07, 6.45) is 4.99. The maximum atomic E-state index is 13.4. The van der Waals surface area contributed by atoms with Crippen LogP contribution in [0, 0.1) is 6.92 Å². The molecule has 1 amide bonds. The van der Waals surface area contributed by atoms with Gasteiger partial charge in [-0.3, -0.25) is 19.3 Å². The monoisotopic (exact) mass is 631 g/mol. The highest BCUT2D eigenvalue weighted by Gasteiger charge is 2.28. The number of rotatable bonds is 7. The van der Waals surface area contributed by atoms with Gasteiger partial charge in [-0.1, -0.05) is 29.3 Å². The topological polar surface area (TPSA) is 146 Å². The maximum Gasteiger partial charge on any atom is 0.284 e. The van der Waals surface area contributed by atoms with Crippen molar-refractivity contribution in [2.75, 3.05) is 36.1 Å². The molecule has 12 nitrogen and oxygen atoms in total. The van der Waals surface area contributed by atoms with Gasteiger partial charge in [-0.2, -0.15) is 0 Å². The largest absolute Gasteiger partial charge is 0.382 e. The molecule has 0 atom stereocenters. The molecule has 1 aliphatic heterocycles. The Bertz CT molecular complexity index is 1930. The molecule has 224 valence electrons. The number of carbonyl (C=O) groups excluding carboxylic acids is 1. The second-order valence-corrected chi connectivity index (χ2v) is 11.0. The van der Waals surface area contributed by atoms with Crippen LogP contribution in [0.4, 0.5) is 17.3 Å². The Hall–Kier alpha value is -4.78. The van der Waals surface area contributed by atoms with Gasteiger partial charge in [-0.25, -0.2) is 19.6 Å². The van der Waals surface area contributed by atoms with E-state index in [1.165, 1.54) is 15.6 Å². The summed E-state index contributed by atoms with van der Waals surface area (Å²) >= 11 is 12.7. The molecule has 4 aromatic heterocycles. The maximum absolute atomic E-state index is 13.4. The van der Waals surface area contributed by atoms with Crippen molar-refractivity contribution < 1.29 is 9.53 Å². The first-order chi connectivity index (χ1) is 21.2. The van der Waals surface area contributed by atoms with E-state index in [0.29, 0.717) is 34.2 Å². The van der Waals surface area contributed by atoms with Gasteiger partial charge in [0.1, 0.15) is 22.8 Å². The summed E-state index contributed by atoms with van der Waals surface area (Å²) in [6, 6.07) is 12.0. The molecule has 1 aromatic carbocycles. The molecule has 0 aliphatic carbocycles. The van der Waals surface area contributed by atoms with Gasteiger partial charge in [0.05, 0.1) is 51.3 Å². The van der Waals surface area contributed by atoms with Crippen LogP contribution < -0.4 is 21.5 Å². The van der Waals surface area contributed by atoms with Gasteiger partial charge in [0.2, 0.25) is 0 Å². The van der Waals surface area contributed by atoms with Crippen molar-refractivity contribution in [3.05, 3.63) is 92.7 Å². The van der Waals surface area contributed by atoms with Crippen LogP contribution in [0.15, 0.2) is 65.8 Å². The van der Waals surface area contributed by atoms with E-state index in [0.717, 1.165) is 24.5 Å². The highest BCUT2D eigenvalue weighted by molar-refractivity contribution is 6.37.